The molecule has 1 aromatic heterocycles. The van der Waals surface area contributed by atoms with Gasteiger partial charge < -0.3 is 29.6 Å². The number of phosphoric ester groups is 1. The molecule has 3 aromatic carbocycles. The molecule has 2 heterocycles. The monoisotopic (exact) mass is 723 g/mol. The molecule has 0 amide bonds. The Morgan fingerprint density at radius 1 is 0.882 bits per heavy atom. The van der Waals surface area contributed by atoms with Crippen molar-refractivity contribution in [2.24, 2.45) is 5.73 Å². The molecule has 274 valence electrons. The number of nitrogens with one attached hydrogen (secondary N) is 1. The Hall–Kier alpha value is -4.07. The molecule has 51 heavy (non-hydrogen) atoms. The molecule has 4 N–H and O–H groups in total. The highest BCUT2D eigenvalue weighted by atomic mass is 31.2. The zero-order chi connectivity index (χ0) is 36.4. The van der Waals surface area contributed by atoms with E-state index in [2.05, 4.69) is 4.98 Å². The van der Waals surface area contributed by atoms with E-state index in [0.29, 0.717) is 30.0 Å². The molecule has 0 bridgehead atoms. The van der Waals surface area contributed by atoms with Crippen LogP contribution in [0.1, 0.15) is 60.6 Å². The molecule has 4 aromatic rings. The molecule has 1 aliphatic heterocycles. The van der Waals surface area contributed by atoms with E-state index >= 15 is 0 Å². The lowest BCUT2D eigenvalue weighted by Gasteiger charge is -2.39. The Bertz CT molecular complexity index is 1820. The lowest BCUT2D eigenvalue weighted by molar-refractivity contribution is -0.0989. The minimum atomic E-state index is -4.49. The SMILES string of the molecule is COc1ccc(C(O[C@H]2C[C@H](n3cc(C)c(=O)[nH]c3=O)O[C@@H]2COP(=O)(O)OCCCCCCN)(c2ccccc2)c2ccc(OC)cc2)cc1. The molecule has 5 rings (SSSR count). The predicted molar refractivity (Wildman–Crippen MR) is 191 cm³/mol. The van der Waals surface area contributed by atoms with Gasteiger partial charge in [-0.25, -0.2) is 9.36 Å². The number of nitrogens with two attached hydrogens (primary N) is 1. The van der Waals surface area contributed by atoms with Crippen LogP contribution in [-0.4, -0.2) is 60.6 Å². The fraction of sp³-hybridized carbons (Fsp3) is 0.405. The lowest BCUT2D eigenvalue weighted by atomic mass is 9.79. The van der Waals surface area contributed by atoms with Crippen LogP contribution in [0.4, 0.5) is 0 Å². The second-order valence-electron chi connectivity index (χ2n) is 12.3. The first-order valence-corrected chi connectivity index (χ1v) is 18.4. The summed E-state index contributed by atoms with van der Waals surface area (Å²) < 4.78 is 49.6. The Morgan fingerprint density at radius 3 is 2.06 bits per heavy atom. The number of benzene rings is 3. The minimum Gasteiger partial charge on any atom is -0.497 e. The van der Waals surface area contributed by atoms with Gasteiger partial charge in [0.2, 0.25) is 0 Å². The van der Waals surface area contributed by atoms with Gasteiger partial charge in [0.05, 0.1) is 33.5 Å². The summed E-state index contributed by atoms with van der Waals surface area (Å²) in [6, 6.07) is 24.6. The number of H-pyrrole nitrogens is 1. The van der Waals surface area contributed by atoms with Crippen molar-refractivity contribution in [1.29, 1.82) is 0 Å². The number of aryl methyl sites for hydroxylation is 1. The number of unbranched alkanes of at least 4 members (excludes halogenated alkanes) is 3. The first-order valence-electron chi connectivity index (χ1n) is 16.9. The maximum Gasteiger partial charge on any atom is 0.472 e. The molecular weight excluding hydrogens is 677 g/mol. The van der Waals surface area contributed by atoms with Crippen molar-refractivity contribution in [3.63, 3.8) is 0 Å². The van der Waals surface area contributed by atoms with E-state index < -0.39 is 49.7 Å². The quantitative estimate of drug-likeness (QED) is 0.0702. The summed E-state index contributed by atoms with van der Waals surface area (Å²) in [6.45, 7) is 1.81. The smallest absolute Gasteiger partial charge is 0.472 e. The number of nitrogens with zero attached hydrogens (tertiary/aromatic N) is 1. The van der Waals surface area contributed by atoms with Gasteiger partial charge in [0, 0.05) is 18.2 Å². The molecule has 14 heteroatoms. The highest BCUT2D eigenvalue weighted by Gasteiger charge is 2.47. The summed E-state index contributed by atoms with van der Waals surface area (Å²) in [5.41, 5.74) is 5.71. The first kappa shape index (κ1) is 38.2. The average Bonchev–Trinajstić information content (AvgIpc) is 3.55. The van der Waals surface area contributed by atoms with Crippen molar-refractivity contribution in [2.75, 3.05) is 34.0 Å². The van der Waals surface area contributed by atoms with E-state index in [-0.39, 0.29) is 13.0 Å². The standard InChI is InChI=1S/C37H46N3O10P/c1-26-24-40(36(42)39-35(26)41)34-23-32(33(49-34)25-48-51(43,44)47-22-10-5-4-9-21-38)50-37(27-11-7-6-8-12-27,28-13-17-30(45-2)18-14-28)29-15-19-31(46-3)20-16-29/h6-8,11-20,24,32-34H,4-5,9-10,21-23,25,38H2,1-3H3,(H,43,44)(H,39,41,42)/t32-,33+,34+/m0/s1. The van der Waals surface area contributed by atoms with Gasteiger partial charge in [-0.1, -0.05) is 67.4 Å². The van der Waals surface area contributed by atoms with Gasteiger partial charge in [-0.2, -0.15) is 0 Å². The lowest BCUT2D eigenvalue weighted by Crippen LogP contribution is -2.41. The van der Waals surface area contributed by atoms with Crippen molar-refractivity contribution < 1.29 is 37.5 Å². The van der Waals surface area contributed by atoms with Crippen molar-refractivity contribution in [2.45, 2.75) is 63.1 Å². The van der Waals surface area contributed by atoms with Gasteiger partial charge in [0.25, 0.3) is 5.56 Å². The second kappa shape index (κ2) is 17.4. The van der Waals surface area contributed by atoms with E-state index in [1.54, 1.807) is 21.1 Å². The third-order valence-corrected chi connectivity index (χ3v) is 9.88. The van der Waals surface area contributed by atoms with Crippen molar-refractivity contribution in [1.82, 2.24) is 9.55 Å². The summed E-state index contributed by atoms with van der Waals surface area (Å²) in [4.78, 5) is 38.1. The van der Waals surface area contributed by atoms with Crippen LogP contribution in [0, 0.1) is 6.92 Å². The van der Waals surface area contributed by atoms with E-state index in [1.165, 1.54) is 10.8 Å². The zero-order valence-electron chi connectivity index (χ0n) is 29.1. The highest BCUT2D eigenvalue weighted by Crippen LogP contribution is 2.48. The maximum absolute atomic E-state index is 13.0. The third kappa shape index (κ3) is 9.24. The molecular formula is C37H46N3O10P. The summed E-state index contributed by atoms with van der Waals surface area (Å²) >= 11 is 0. The average molecular weight is 724 g/mol. The van der Waals surface area contributed by atoms with Crippen LogP contribution in [0.5, 0.6) is 11.5 Å². The number of ether oxygens (including phenoxy) is 4. The Labute approximate surface area is 296 Å². The summed E-state index contributed by atoms with van der Waals surface area (Å²) in [7, 11) is -1.31. The number of aromatic nitrogens is 2. The van der Waals surface area contributed by atoms with Crippen LogP contribution >= 0.6 is 7.82 Å². The van der Waals surface area contributed by atoms with Crippen molar-refractivity contribution in [3.8, 4) is 11.5 Å². The number of rotatable bonds is 18. The second-order valence-corrected chi connectivity index (χ2v) is 13.8. The fourth-order valence-electron chi connectivity index (χ4n) is 6.19. The number of methoxy groups -OCH3 is 2. The zero-order valence-corrected chi connectivity index (χ0v) is 30.0. The molecule has 1 saturated heterocycles. The third-order valence-electron chi connectivity index (χ3n) is 8.89. The molecule has 0 saturated carbocycles. The maximum atomic E-state index is 13.0. The van der Waals surface area contributed by atoms with Crippen LogP contribution in [-0.2, 0) is 28.7 Å². The van der Waals surface area contributed by atoms with E-state index in [9.17, 15) is 19.0 Å². The fourth-order valence-corrected chi connectivity index (χ4v) is 6.96. The topological polar surface area (TPSA) is 174 Å². The predicted octanol–water partition coefficient (Wildman–Crippen LogP) is 5.18. The molecule has 13 nitrogen and oxygen atoms in total. The van der Waals surface area contributed by atoms with E-state index in [1.807, 2.05) is 78.9 Å². The number of hydrogen-bond donors (Lipinski definition) is 3. The minimum absolute atomic E-state index is 0.0323. The van der Waals surface area contributed by atoms with Crippen LogP contribution in [0.3, 0.4) is 0 Å². The number of aromatic amines is 1. The molecule has 4 atom stereocenters. The molecule has 0 spiro atoms. The Balaban J connectivity index is 1.55. The summed E-state index contributed by atoms with van der Waals surface area (Å²) in [6.07, 6.45) is 1.98. The Morgan fingerprint density at radius 2 is 1.47 bits per heavy atom. The molecule has 1 unspecified atom stereocenters. The molecule has 0 radical (unpaired) electrons. The van der Waals surface area contributed by atoms with Gasteiger partial charge in [0.15, 0.2) is 0 Å². The van der Waals surface area contributed by atoms with Gasteiger partial charge in [0.1, 0.15) is 29.4 Å². The van der Waals surface area contributed by atoms with Gasteiger partial charge in [-0.3, -0.25) is 23.4 Å². The normalized spacial score (nSPS) is 18.7. The van der Waals surface area contributed by atoms with Crippen LogP contribution in [0.2, 0.25) is 0 Å². The van der Waals surface area contributed by atoms with Crippen LogP contribution in [0.25, 0.3) is 0 Å². The van der Waals surface area contributed by atoms with Crippen LogP contribution < -0.4 is 26.5 Å². The van der Waals surface area contributed by atoms with E-state index in [4.69, 9.17) is 33.7 Å². The van der Waals surface area contributed by atoms with Crippen molar-refractivity contribution in [3.05, 3.63) is 128 Å². The summed E-state index contributed by atoms with van der Waals surface area (Å²) in [5.74, 6) is 1.30. The van der Waals surface area contributed by atoms with E-state index in [0.717, 1.165) is 36.0 Å². The van der Waals surface area contributed by atoms with Gasteiger partial charge >= 0.3 is 13.5 Å². The van der Waals surface area contributed by atoms with Gasteiger partial charge in [-0.05, 0) is 67.3 Å². The highest BCUT2D eigenvalue weighted by molar-refractivity contribution is 7.47. The number of hydrogen-bond acceptors (Lipinski definition) is 10. The molecule has 1 aliphatic rings. The Kier molecular flexibility index (Phi) is 13.0. The largest absolute Gasteiger partial charge is 0.497 e. The van der Waals surface area contributed by atoms with Crippen molar-refractivity contribution >= 4 is 7.82 Å². The van der Waals surface area contributed by atoms with Crippen LogP contribution in [0.15, 0.2) is 94.6 Å². The molecule has 1 fully saturated rings. The molecule has 0 aliphatic carbocycles. The summed E-state index contributed by atoms with van der Waals surface area (Å²) in [5, 5.41) is 0. The number of phosphoric acid groups is 1. The van der Waals surface area contributed by atoms with Gasteiger partial charge in [-0.15, -0.1) is 0 Å². The first-order chi connectivity index (χ1) is 24.6.